The fraction of sp³-hybridized carbons (Fsp3) is 0. The fourth-order valence-corrected chi connectivity index (χ4v) is 7.48. The Balaban J connectivity index is 1.15. The van der Waals surface area contributed by atoms with Crippen LogP contribution in [0.3, 0.4) is 0 Å². The van der Waals surface area contributed by atoms with E-state index in [1.54, 1.807) is 0 Å². The molecule has 0 saturated heterocycles. The molecule has 0 saturated carbocycles. The van der Waals surface area contributed by atoms with E-state index in [1.165, 1.54) is 43.1 Å². The molecule has 10 rings (SSSR count). The number of anilines is 3. The Morgan fingerprint density at radius 2 is 0.875 bits per heavy atom. The highest BCUT2D eigenvalue weighted by molar-refractivity contribution is 6.11. The van der Waals surface area contributed by atoms with Crippen molar-refractivity contribution in [3.05, 3.63) is 176 Å². The van der Waals surface area contributed by atoms with E-state index in [2.05, 4.69) is 169 Å². The normalized spacial score (nSPS) is 11.8. The lowest BCUT2D eigenvalue weighted by atomic mass is 9.99. The average molecular weight is 612 g/mol. The van der Waals surface area contributed by atoms with Gasteiger partial charge in [-0.25, -0.2) is 0 Å². The number of benzene rings is 9. The number of furan rings is 1. The van der Waals surface area contributed by atoms with E-state index in [-0.39, 0.29) is 0 Å². The minimum absolute atomic E-state index is 0.913. The molecule has 0 unspecified atom stereocenters. The molecule has 0 aliphatic heterocycles. The van der Waals surface area contributed by atoms with Crippen molar-refractivity contribution in [1.29, 1.82) is 0 Å². The van der Waals surface area contributed by atoms with Crippen LogP contribution in [0.1, 0.15) is 0 Å². The Morgan fingerprint density at radius 3 is 1.67 bits per heavy atom. The summed E-state index contributed by atoms with van der Waals surface area (Å²) in [5.74, 6) is 0. The second-order valence-electron chi connectivity index (χ2n) is 12.5. The summed E-state index contributed by atoms with van der Waals surface area (Å²) < 4.78 is 6.39. The van der Waals surface area contributed by atoms with Crippen LogP contribution >= 0.6 is 0 Å². The number of hydrogen-bond donors (Lipinski definition) is 0. The predicted molar refractivity (Wildman–Crippen MR) is 204 cm³/mol. The maximum absolute atomic E-state index is 6.39. The van der Waals surface area contributed by atoms with Crippen LogP contribution < -0.4 is 4.90 Å². The van der Waals surface area contributed by atoms with Gasteiger partial charge in [0.05, 0.1) is 0 Å². The van der Waals surface area contributed by atoms with Crippen LogP contribution in [0.5, 0.6) is 0 Å². The smallest absolute Gasteiger partial charge is 0.143 e. The van der Waals surface area contributed by atoms with E-state index < -0.39 is 0 Å². The molecular formula is C46H29NO. The van der Waals surface area contributed by atoms with Gasteiger partial charge in [0.1, 0.15) is 11.2 Å². The van der Waals surface area contributed by atoms with Crippen molar-refractivity contribution in [2.75, 3.05) is 4.90 Å². The summed E-state index contributed by atoms with van der Waals surface area (Å²) in [4.78, 5) is 2.38. The fourth-order valence-electron chi connectivity index (χ4n) is 7.48. The van der Waals surface area contributed by atoms with E-state index in [4.69, 9.17) is 4.42 Å². The molecule has 48 heavy (non-hydrogen) atoms. The highest BCUT2D eigenvalue weighted by Crippen LogP contribution is 2.41. The summed E-state index contributed by atoms with van der Waals surface area (Å²) in [5, 5.41) is 12.3. The summed E-state index contributed by atoms with van der Waals surface area (Å²) in [7, 11) is 0. The standard InChI is InChI=1S/C46H29NO/c1-3-10-38-30(8-1)18-19-34-28-36(26-27-40(34)38)47(37-25-22-33-17-16-31-9-2-4-11-39(31)44(33)29-37)35-23-20-32(21-24-35)41-13-7-14-43-42-12-5-6-15-45(42)48-46(41)43/h1-29H. The predicted octanol–water partition coefficient (Wildman–Crippen LogP) is 13.3. The van der Waals surface area contributed by atoms with Crippen LogP contribution in [0.25, 0.3) is 76.2 Å². The van der Waals surface area contributed by atoms with Crippen molar-refractivity contribution < 1.29 is 4.42 Å². The topological polar surface area (TPSA) is 16.4 Å². The first-order valence-electron chi connectivity index (χ1n) is 16.4. The number of para-hydroxylation sites is 2. The van der Waals surface area contributed by atoms with Gasteiger partial charge >= 0.3 is 0 Å². The van der Waals surface area contributed by atoms with Crippen LogP contribution in [0.2, 0.25) is 0 Å². The molecule has 0 amide bonds. The van der Waals surface area contributed by atoms with Gasteiger partial charge in [-0.2, -0.15) is 0 Å². The van der Waals surface area contributed by atoms with Crippen LogP contribution in [0.4, 0.5) is 17.1 Å². The van der Waals surface area contributed by atoms with Crippen molar-refractivity contribution in [1.82, 2.24) is 0 Å². The molecular weight excluding hydrogens is 583 g/mol. The van der Waals surface area contributed by atoms with Gasteiger partial charge in [-0.05, 0) is 91.1 Å². The van der Waals surface area contributed by atoms with E-state index in [1.807, 2.05) is 12.1 Å². The molecule has 9 aromatic carbocycles. The molecule has 0 spiro atoms. The second kappa shape index (κ2) is 10.6. The van der Waals surface area contributed by atoms with E-state index >= 15 is 0 Å². The maximum atomic E-state index is 6.39. The van der Waals surface area contributed by atoms with Gasteiger partial charge in [-0.1, -0.05) is 133 Å². The summed E-state index contributed by atoms with van der Waals surface area (Å²) in [6, 6.07) is 63.4. The third-order valence-electron chi connectivity index (χ3n) is 9.82. The van der Waals surface area contributed by atoms with Gasteiger partial charge in [0.2, 0.25) is 0 Å². The molecule has 224 valence electrons. The van der Waals surface area contributed by atoms with Crippen molar-refractivity contribution in [2.24, 2.45) is 0 Å². The van der Waals surface area contributed by atoms with Gasteiger partial charge in [0, 0.05) is 33.4 Å². The minimum atomic E-state index is 0.913. The second-order valence-corrected chi connectivity index (χ2v) is 12.5. The monoisotopic (exact) mass is 611 g/mol. The van der Waals surface area contributed by atoms with Crippen molar-refractivity contribution >= 4 is 82.1 Å². The lowest BCUT2D eigenvalue weighted by Crippen LogP contribution is -2.10. The van der Waals surface area contributed by atoms with Gasteiger partial charge in [0.25, 0.3) is 0 Å². The number of nitrogens with zero attached hydrogens (tertiary/aromatic N) is 1. The zero-order valence-corrected chi connectivity index (χ0v) is 26.1. The highest BCUT2D eigenvalue weighted by Gasteiger charge is 2.17. The molecule has 0 aliphatic carbocycles. The number of rotatable bonds is 4. The van der Waals surface area contributed by atoms with Crippen LogP contribution in [-0.4, -0.2) is 0 Å². The molecule has 0 N–H and O–H groups in total. The molecule has 2 nitrogen and oxygen atoms in total. The molecule has 0 atom stereocenters. The largest absolute Gasteiger partial charge is 0.455 e. The van der Waals surface area contributed by atoms with Crippen molar-refractivity contribution in [3.63, 3.8) is 0 Å². The summed E-state index contributed by atoms with van der Waals surface area (Å²) >= 11 is 0. The van der Waals surface area contributed by atoms with Crippen molar-refractivity contribution in [2.45, 2.75) is 0 Å². The Hall–Kier alpha value is -6.38. The third-order valence-corrected chi connectivity index (χ3v) is 9.82. The number of fused-ring (bicyclic) bond motifs is 9. The molecule has 1 heterocycles. The minimum Gasteiger partial charge on any atom is -0.455 e. The van der Waals surface area contributed by atoms with Crippen LogP contribution in [-0.2, 0) is 0 Å². The van der Waals surface area contributed by atoms with Gasteiger partial charge in [-0.15, -0.1) is 0 Å². The van der Waals surface area contributed by atoms with Gasteiger partial charge < -0.3 is 9.32 Å². The Bertz CT molecular complexity index is 2840. The molecule has 2 heteroatoms. The van der Waals surface area contributed by atoms with E-state index in [9.17, 15) is 0 Å². The first kappa shape index (κ1) is 26.8. The maximum Gasteiger partial charge on any atom is 0.143 e. The van der Waals surface area contributed by atoms with Gasteiger partial charge in [-0.3, -0.25) is 0 Å². The molecule has 1 aromatic heterocycles. The molecule has 0 fully saturated rings. The molecule has 0 bridgehead atoms. The zero-order valence-electron chi connectivity index (χ0n) is 26.1. The van der Waals surface area contributed by atoms with Gasteiger partial charge in [0.15, 0.2) is 0 Å². The first-order chi connectivity index (χ1) is 23.8. The zero-order chi connectivity index (χ0) is 31.6. The van der Waals surface area contributed by atoms with Crippen LogP contribution in [0.15, 0.2) is 180 Å². The molecule has 0 aliphatic rings. The third kappa shape index (κ3) is 4.20. The summed E-state index contributed by atoms with van der Waals surface area (Å²) in [6.07, 6.45) is 0. The first-order valence-corrected chi connectivity index (χ1v) is 16.4. The lowest BCUT2D eigenvalue weighted by Gasteiger charge is -2.27. The molecule has 10 aromatic rings. The number of hydrogen-bond acceptors (Lipinski definition) is 2. The average Bonchev–Trinajstić information content (AvgIpc) is 3.54. The Kier molecular flexibility index (Phi) is 5.91. The quantitative estimate of drug-likeness (QED) is 0.184. The van der Waals surface area contributed by atoms with E-state index in [0.29, 0.717) is 0 Å². The van der Waals surface area contributed by atoms with Crippen LogP contribution in [0, 0.1) is 0 Å². The SMILES string of the molecule is c1ccc2c(c1)ccc1cc(N(c3ccc(-c4cccc5c4oc4ccccc45)cc3)c3ccc4ccc5ccccc5c4c3)ccc12. The van der Waals surface area contributed by atoms with E-state index in [0.717, 1.165) is 50.1 Å². The summed E-state index contributed by atoms with van der Waals surface area (Å²) in [5.41, 5.74) is 7.38. The van der Waals surface area contributed by atoms with Crippen molar-refractivity contribution in [3.8, 4) is 11.1 Å². The molecule has 0 radical (unpaired) electrons. The highest BCUT2D eigenvalue weighted by atomic mass is 16.3. The lowest BCUT2D eigenvalue weighted by molar-refractivity contribution is 0.670. The Morgan fingerprint density at radius 1 is 0.333 bits per heavy atom. The Labute approximate surface area is 277 Å². The summed E-state index contributed by atoms with van der Waals surface area (Å²) in [6.45, 7) is 0.